The van der Waals surface area contributed by atoms with Crippen molar-refractivity contribution in [2.75, 3.05) is 73.4 Å². The summed E-state index contributed by atoms with van der Waals surface area (Å²) in [6, 6.07) is 50.2. The number of nitrogens with zero attached hydrogens (tertiary/aromatic N) is 3. The van der Waals surface area contributed by atoms with Gasteiger partial charge in [-0.3, -0.25) is 33.0 Å². The van der Waals surface area contributed by atoms with E-state index in [0.717, 1.165) is 54.1 Å². The van der Waals surface area contributed by atoms with E-state index in [-0.39, 0.29) is 169 Å². The molecule has 0 aliphatic heterocycles. The van der Waals surface area contributed by atoms with Gasteiger partial charge in [-0.1, -0.05) is 113 Å². The molecule has 8 rings (SSSR count). The standard InChI is InChI=1S/C33H36N2O7S.C30H32N2O5S.C3H5BrO2.CH2O3.2K.H/c1-23-10-6-7-11-25(23)21-34(24(2)20-32(36)41-4)30-18-19-31(29-13-9-8-12-28(29)30)35(22-33(37)42-5)43(38,39)27-16-14-26(40-3)15-17-27;1-21-9-5-6-10-23(21)20-32(22(2)19-30(33)37-4)29-18-17-28(26-11-7-8-12-27(26)29)31-38(34,35)25-15-13-24(36-3)14-16-25;1-6-3(5)2-4;2-1-4-3;;;/h6-19,24H,20-22H2,1-5H3;5-18,22,31H,19-20H2,1-4H3;2H2,1H3;1,3H;;;/q;;;;2*+1;-1/p-1/t24-;22-;;;;;/m00...../s1. The summed E-state index contributed by atoms with van der Waals surface area (Å²) in [6.45, 7) is 8.41. The third kappa shape index (κ3) is 23.1. The summed E-state index contributed by atoms with van der Waals surface area (Å²) in [4.78, 5) is 62.6. The molecule has 0 aliphatic rings. The van der Waals surface area contributed by atoms with Gasteiger partial charge in [0.05, 0.1) is 76.7 Å². The molecule has 0 spiro atoms. The monoisotopic (exact) mass is 1430 g/mol. The zero-order valence-electron chi connectivity index (χ0n) is 55.1. The third-order valence-electron chi connectivity index (χ3n) is 14.5. The maximum absolute atomic E-state index is 14.0. The molecule has 486 valence electrons. The number of hydrogen-bond acceptors (Lipinski definition) is 19. The zero-order valence-corrected chi connectivity index (χ0v) is 63.6. The molecule has 26 heteroatoms. The minimum absolute atomic E-state index is 0. The maximum atomic E-state index is 14.0. The molecule has 0 radical (unpaired) electrons. The maximum Gasteiger partial charge on any atom is 1.00 e. The third-order valence-corrected chi connectivity index (χ3v) is 18.1. The first kappa shape index (κ1) is 81.3. The summed E-state index contributed by atoms with van der Waals surface area (Å²) in [5.41, 5.74) is 6.96. The van der Waals surface area contributed by atoms with Gasteiger partial charge >= 0.3 is 127 Å². The topological polar surface area (TPSA) is 263 Å². The number of alkyl halides is 1. The van der Waals surface area contributed by atoms with Crippen molar-refractivity contribution in [3.05, 3.63) is 192 Å². The fourth-order valence-electron chi connectivity index (χ4n) is 9.50. The van der Waals surface area contributed by atoms with Crippen LogP contribution in [-0.2, 0) is 80.9 Å². The summed E-state index contributed by atoms with van der Waals surface area (Å²) in [5, 5.41) is 11.7. The number of carbonyl (C=O) groups excluding carboxylic acids is 5. The van der Waals surface area contributed by atoms with Crippen LogP contribution in [0.5, 0.6) is 11.5 Å². The molecule has 0 saturated carbocycles. The minimum atomic E-state index is -4.20. The van der Waals surface area contributed by atoms with Gasteiger partial charge in [0.1, 0.15) is 23.4 Å². The van der Waals surface area contributed by atoms with Gasteiger partial charge in [0.15, 0.2) is 0 Å². The number of carbonyl (C=O) groups is 5. The minimum Gasteiger partial charge on any atom is -1.00 e. The van der Waals surface area contributed by atoms with Gasteiger partial charge in [0.25, 0.3) is 26.5 Å². The van der Waals surface area contributed by atoms with E-state index in [1.807, 2.05) is 118 Å². The Labute approximate surface area is 638 Å². The van der Waals surface area contributed by atoms with Gasteiger partial charge in [0.2, 0.25) is 0 Å². The molecule has 21 nitrogen and oxygen atoms in total. The number of anilines is 4. The van der Waals surface area contributed by atoms with Crippen molar-refractivity contribution in [1.29, 1.82) is 0 Å². The van der Waals surface area contributed by atoms with E-state index in [9.17, 15) is 36.0 Å². The Bertz CT molecular complexity index is 3980. The molecule has 0 aliphatic carbocycles. The Hall–Kier alpha value is -5.96. The Morgan fingerprint density at radius 2 is 0.882 bits per heavy atom. The van der Waals surface area contributed by atoms with Crippen molar-refractivity contribution >= 4 is 111 Å². The van der Waals surface area contributed by atoms with Crippen LogP contribution in [0.15, 0.2) is 180 Å². The van der Waals surface area contributed by atoms with Crippen molar-refractivity contribution < 1.29 is 184 Å². The number of benzene rings is 8. The van der Waals surface area contributed by atoms with Gasteiger partial charge < -0.3 is 49.8 Å². The van der Waals surface area contributed by atoms with Crippen molar-refractivity contribution in [3.8, 4) is 11.5 Å². The average molecular weight is 1430 g/mol. The van der Waals surface area contributed by atoms with Crippen LogP contribution in [0.3, 0.4) is 0 Å². The van der Waals surface area contributed by atoms with Crippen LogP contribution in [0, 0.1) is 13.8 Å². The molecule has 8 aromatic carbocycles. The Morgan fingerprint density at radius 1 is 0.516 bits per heavy atom. The van der Waals surface area contributed by atoms with Crippen LogP contribution >= 0.6 is 15.9 Å². The summed E-state index contributed by atoms with van der Waals surface area (Å²) >= 11 is 2.90. The van der Waals surface area contributed by atoms with E-state index < -0.39 is 32.6 Å². The molecule has 0 aromatic heterocycles. The first-order valence-electron chi connectivity index (χ1n) is 28.1. The van der Waals surface area contributed by atoms with Crippen LogP contribution in [0.25, 0.3) is 21.5 Å². The predicted molar refractivity (Wildman–Crippen MR) is 352 cm³/mol. The van der Waals surface area contributed by atoms with Crippen molar-refractivity contribution in [2.24, 2.45) is 0 Å². The first-order valence-corrected chi connectivity index (χ1v) is 32.2. The van der Waals surface area contributed by atoms with Crippen LogP contribution in [0.2, 0.25) is 0 Å². The predicted octanol–water partition coefficient (Wildman–Crippen LogP) is 4.51. The number of nitrogens with one attached hydrogen (secondary N) is 1. The van der Waals surface area contributed by atoms with Crippen LogP contribution in [-0.4, -0.2) is 114 Å². The molecule has 8 aromatic rings. The van der Waals surface area contributed by atoms with Gasteiger partial charge in [-0.05, 0) is 123 Å². The molecule has 0 saturated heterocycles. The summed E-state index contributed by atoms with van der Waals surface area (Å²) in [6.07, 6.45) is 0.362. The van der Waals surface area contributed by atoms with Crippen molar-refractivity contribution in [2.45, 2.75) is 75.5 Å². The number of rotatable bonds is 24. The summed E-state index contributed by atoms with van der Waals surface area (Å²) in [7, 11) is 0.318. The van der Waals surface area contributed by atoms with Crippen LogP contribution in [0.4, 0.5) is 22.7 Å². The number of ether oxygens (including phenoxy) is 6. The molecule has 0 heterocycles. The number of halogens is 1. The second-order valence-corrected chi connectivity index (χ2v) is 24.2. The summed E-state index contributed by atoms with van der Waals surface area (Å²) in [5.74, 6) is -0.497. The van der Waals surface area contributed by atoms with E-state index >= 15 is 0 Å². The normalized spacial score (nSPS) is 11.2. The number of methoxy groups -OCH3 is 6. The Balaban J connectivity index is 0.000000546. The number of aryl methyl sites for hydroxylation is 2. The quantitative estimate of drug-likeness (QED) is 0.0166. The largest absolute Gasteiger partial charge is 1.00 e. The SMILES string of the molecule is COC(=O)CBr.COC(=O)C[C@H](C)N(Cc1ccccc1C)c1ccc(N(CC(=O)OC)S(=O)(=O)c2ccc(OC)cc2)c2ccccc12.COC(=O)C[C@H](C)N(Cc1ccccc1C)c1ccc(NS(=O)(=O)c2ccc(OC)cc2)c2ccccc12.O=CO[O-].[H-].[K+].[K+]. The number of esters is 4. The molecular formula is C67H75BrK2N4O17S2. The van der Waals surface area contributed by atoms with E-state index in [2.05, 4.69) is 59.1 Å². The Morgan fingerprint density at radius 3 is 1.27 bits per heavy atom. The zero-order chi connectivity index (χ0) is 66.8. The van der Waals surface area contributed by atoms with Crippen LogP contribution < -0.4 is 136 Å². The number of sulfonamides is 2. The first-order chi connectivity index (χ1) is 43.5. The smallest absolute Gasteiger partial charge is 1.00 e. The van der Waals surface area contributed by atoms with Crippen LogP contribution in [0.1, 0.15) is 50.4 Å². The molecule has 93 heavy (non-hydrogen) atoms. The molecule has 0 bridgehead atoms. The van der Waals surface area contributed by atoms with Gasteiger partial charge in [0, 0.05) is 58.1 Å². The van der Waals surface area contributed by atoms with E-state index in [4.69, 9.17) is 33.7 Å². The van der Waals surface area contributed by atoms with Gasteiger partial charge in [-0.15, -0.1) is 0 Å². The molecular weight excluding hydrogens is 1350 g/mol. The molecule has 0 unspecified atom stereocenters. The second kappa shape index (κ2) is 40.4. The average Bonchev–Trinajstić information content (AvgIpc) is 0.783. The fraction of sp³-hybridized carbons (Fsp3) is 0.269. The van der Waals surface area contributed by atoms with E-state index in [1.165, 1.54) is 66.9 Å². The van der Waals surface area contributed by atoms with E-state index in [1.54, 1.807) is 36.4 Å². The molecule has 0 fully saturated rings. The summed E-state index contributed by atoms with van der Waals surface area (Å²) < 4.78 is 87.6. The van der Waals surface area contributed by atoms with Crippen molar-refractivity contribution in [3.63, 3.8) is 0 Å². The van der Waals surface area contributed by atoms with Gasteiger partial charge in [-0.25, -0.2) is 16.8 Å². The second-order valence-electron chi connectivity index (χ2n) is 20.1. The molecule has 2 atom stereocenters. The van der Waals surface area contributed by atoms with Gasteiger partial charge in [-0.2, -0.15) is 0 Å². The molecule has 0 amide bonds. The number of hydrogen-bond donors (Lipinski definition) is 1. The fourth-order valence-corrected chi connectivity index (χ4v) is 12.2. The van der Waals surface area contributed by atoms with Crippen molar-refractivity contribution in [1.82, 2.24) is 0 Å². The number of fused-ring (bicyclic) bond motifs is 2. The van der Waals surface area contributed by atoms with E-state index in [0.29, 0.717) is 41.3 Å². The molecule has 1 N–H and O–H groups in total. The Kier molecular flexibility index (Phi) is 35.3.